The average molecular weight is 290 g/mol. The fraction of sp³-hybridized carbons (Fsp3) is 0.462. The van der Waals surface area contributed by atoms with Crippen LogP contribution >= 0.6 is 0 Å². The van der Waals surface area contributed by atoms with Crippen LogP contribution < -0.4 is 4.90 Å². The summed E-state index contributed by atoms with van der Waals surface area (Å²) in [5.74, 6) is -0.478. The highest BCUT2D eigenvalue weighted by Crippen LogP contribution is 2.33. The Labute approximate surface area is 120 Å². The molecule has 1 N–H and O–H groups in total. The van der Waals surface area contributed by atoms with Crippen molar-refractivity contribution in [1.82, 2.24) is 4.98 Å². The Hall–Kier alpha value is -2.69. The Morgan fingerprint density at radius 3 is 3.05 bits per heavy atom. The number of carboxylic acids is 1. The van der Waals surface area contributed by atoms with E-state index in [0.717, 1.165) is 6.42 Å². The lowest BCUT2D eigenvalue weighted by molar-refractivity contribution is -0.384. The molecule has 0 spiro atoms. The highest BCUT2D eigenvalue weighted by molar-refractivity contribution is 5.67. The zero-order chi connectivity index (χ0) is 15.4. The molecule has 8 heteroatoms. The number of aromatic nitrogens is 1. The van der Waals surface area contributed by atoms with E-state index >= 15 is 0 Å². The second kappa shape index (κ2) is 6.17. The van der Waals surface area contributed by atoms with E-state index in [1.807, 2.05) is 0 Å². The van der Waals surface area contributed by atoms with E-state index in [0.29, 0.717) is 19.5 Å². The maximum atomic E-state index is 11.2. The summed E-state index contributed by atoms with van der Waals surface area (Å²) in [5.41, 5.74) is -0.294. The van der Waals surface area contributed by atoms with Gasteiger partial charge in [-0.25, -0.2) is 4.98 Å². The number of nitriles is 1. The van der Waals surface area contributed by atoms with E-state index in [1.54, 1.807) is 11.0 Å². The van der Waals surface area contributed by atoms with Gasteiger partial charge in [0.2, 0.25) is 5.82 Å². The average Bonchev–Trinajstić information content (AvgIpc) is 2.92. The molecule has 110 valence electrons. The minimum atomic E-state index is -0.843. The molecule has 1 aliphatic rings. The predicted molar refractivity (Wildman–Crippen MR) is 72.8 cm³/mol. The zero-order valence-corrected chi connectivity index (χ0v) is 11.2. The summed E-state index contributed by atoms with van der Waals surface area (Å²) in [6.07, 6.45) is 2.78. The Morgan fingerprint density at radius 1 is 1.67 bits per heavy atom. The van der Waals surface area contributed by atoms with E-state index in [-0.39, 0.29) is 29.4 Å². The molecule has 1 saturated heterocycles. The third-order valence-corrected chi connectivity index (χ3v) is 3.56. The number of anilines is 1. The van der Waals surface area contributed by atoms with Gasteiger partial charge in [0, 0.05) is 25.7 Å². The summed E-state index contributed by atoms with van der Waals surface area (Å²) in [6.45, 7) is 1.10. The number of nitro groups is 1. The molecule has 0 radical (unpaired) electrons. The predicted octanol–water partition coefficient (Wildman–Crippen LogP) is 1.55. The van der Waals surface area contributed by atoms with E-state index in [1.165, 1.54) is 12.3 Å². The van der Waals surface area contributed by atoms with Gasteiger partial charge < -0.3 is 10.0 Å². The minimum Gasteiger partial charge on any atom is -0.481 e. The van der Waals surface area contributed by atoms with Crippen molar-refractivity contribution >= 4 is 17.5 Å². The molecule has 1 aromatic heterocycles. The summed E-state index contributed by atoms with van der Waals surface area (Å²) in [5, 5.41) is 28.8. The lowest BCUT2D eigenvalue weighted by Crippen LogP contribution is -2.22. The van der Waals surface area contributed by atoms with Gasteiger partial charge in [-0.15, -0.1) is 0 Å². The van der Waals surface area contributed by atoms with Gasteiger partial charge in [-0.05, 0) is 24.8 Å². The first-order valence-corrected chi connectivity index (χ1v) is 6.53. The fourth-order valence-electron chi connectivity index (χ4n) is 2.53. The van der Waals surface area contributed by atoms with Gasteiger partial charge in [-0.3, -0.25) is 14.9 Å². The van der Waals surface area contributed by atoms with Crippen molar-refractivity contribution in [2.45, 2.75) is 19.3 Å². The van der Waals surface area contributed by atoms with Crippen LogP contribution in [0.1, 0.15) is 24.8 Å². The standard InChI is InChI=1S/C13H14N4O4/c14-7-10-3-5-15-13(12(10)17(20)21)16-6-4-9(8-16)1-2-11(18)19/h3,5,9H,1-2,4,6,8H2,(H,18,19). The van der Waals surface area contributed by atoms with Crippen LogP contribution in [0.4, 0.5) is 11.5 Å². The smallest absolute Gasteiger partial charge is 0.329 e. The summed E-state index contributed by atoms with van der Waals surface area (Å²) < 4.78 is 0. The van der Waals surface area contributed by atoms with Crippen LogP contribution in [-0.2, 0) is 4.79 Å². The Kier molecular flexibility index (Phi) is 4.33. The maximum Gasteiger partial charge on any atom is 0.329 e. The van der Waals surface area contributed by atoms with Gasteiger partial charge in [-0.1, -0.05) is 0 Å². The third kappa shape index (κ3) is 3.25. The second-order valence-electron chi connectivity index (χ2n) is 4.93. The van der Waals surface area contributed by atoms with Crippen molar-refractivity contribution in [3.05, 3.63) is 27.9 Å². The van der Waals surface area contributed by atoms with Crippen LogP contribution in [0.5, 0.6) is 0 Å². The van der Waals surface area contributed by atoms with Crippen LogP contribution in [-0.4, -0.2) is 34.1 Å². The zero-order valence-electron chi connectivity index (χ0n) is 11.2. The summed E-state index contributed by atoms with van der Waals surface area (Å²) in [6, 6.07) is 3.13. The van der Waals surface area contributed by atoms with E-state index in [4.69, 9.17) is 10.4 Å². The first-order valence-electron chi connectivity index (χ1n) is 6.53. The molecule has 21 heavy (non-hydrogen) atoms. The van der Waals surface area contributed by atoms with Crippen molar-refractivity contribution in [3.8, 4) is 6.07 Å². The molecule has 0 amide bonds. The van der Waals surface area contributed by atoms with E-state index < -0.39 is 10.9 Å². The van der Waals surface area contributed by atoms with Crippen LogP contribution in [0.25, 0.3) is 0 Å². The molecule has 0 bridgehead atoms. The number of nitrogens with zero attached hydrogens (tertiary/aromatic N) is 4. The molecular weight excluding hydrogens is 276 g/mol. The Bertz CT molecular complexity index is 611. The third-order valence-electron chi connectivity index (χ3n) is 3.56. The monoisotopic (exact) mass is 290 g/mol. The maximum absolute atomic E-state index is 11.2. The van der Waals surface area contributed by atoms with E-state index in [2.05, 4.69) is 4.98 Å². The first kappa shape index (κ1) is 14.7. The number of rotatable bonds is 5. The number of carbonyl (C=O) groups is 1. The van der Waals surface area contributed by atoms with Gasteiger partial charge in [0.1, 0.15) is 11.6 Å². The molecule has 1 atom stereocenters. The van der Waals surface area contributed by atoms with Gasteiger partial charge >= 0.3 is 11.7 Å². The number of carboxylic acid groups (broad SMARTS) is 1. The number of aliphatic carboxylic acids is 1. The molecule has 0 aromatic carbocycles. The highest BCUT2D eigenvalue weighted by Gasteiger charge is 2.31. The Balaban J connectivity index is 2.19. The normalized spacial score (nSPS) is 17.5. The summed E-state index contributed by atoms with van der Waals surface area (Å²) in [4.78, 5) is 26.9. The molecule has 0 saturated carbocycles. The summed E-state index contributed by atoms with van der Waals surface area (Å²) in [7, 11) is 0. The van der Waals surface area contributed by atoms with Crippen molar-refractivity contribution in [2.24, 2.45) is 5.92 Å². The molecule has 1 unspecified atom stereocenters. The lowest BCUT2D eigenvalue weighted by Gasteiger charge is -2.17. The molecular formula is C13H14N4O4. The topological polar surface area (TPSA) is 120 Å². The molecule has 1 aliphatic heterocycles. The number of pyridine rings is 1. The van der Waals surface area contributed by atoms with E-state index in [9.17, 15) is 14.9 Å². The summed E-state index contributed by atoms with van der Waals surface area (Å²) >= 11 is 0. The first-order chi connectivity index (χ1) is 10.0. The molecule has 8 nitrogen and oxygen atoms in total. The molecule has 2 heterocycles. The Morgan fingerprint density at radius 2 is 2.43 bits per heavy atom. The van der Waals surface area contributed by atoms with Gasteiger partial charge in [-0.2, -0.15) is 5.26 Å². The highest BCUT2D eigenvalue weighted by atomic mass is 16.6. The molecule has 1 aromatic rings. The largest absolute Gasteiger partial charge is 0.481 e. The minimum absolute atomic E-state index is 0.0148. The van der Waals surface area contributed by atoms with Crippen LogP contribution in [0.2, 0.25) is 0 Å². The second-order valence-corrected chi connectivity index (χ2v) is 4.93. The van der Waals surface area contributed by atoms with Crippen LogP contribution in [0, 0.1) is 27.4 Å². The fourth-order valence-corrected chi connectivity index (χ4v) is 2.53. The van der Waals surface area contributed by atoms with Gasteiger partial charge in [0.05, 0.1) is 4.92 Å². The SMILES string of the molecule is N#Cc1ccnc(N2CCC(CCC(=O)O)C2)c1[N+](=O)[O-]. The molecule has 2 rings (SSSR count). The van der Waals surface area contributed by atoms with Crippen LogP contribution in [0.3, 0.4) is 0 Å². The molecule has 0 aliphatic carbocycles. The number of hydrogen-bond donors (Lipinski definition) is 1. The quantitative estimate of drug-likeness (QED) is 0.645. The molecule has 1 fully saturated rings. The van der Waals surface area contributed by atoms with Gasteiger partial charge in [0.15, 0.2) is 0 Å². The van der Waals surface area contributed by atoms with Crippen molar-refractivity contribution in [1.29, 1.82) is 5.26 Å². The van der Waals surface area contributed by atoms with Gasteiger partial charge in [0.25, 0.3) is 0 Å². The van der Waals surface area contributed by atoms with Crippen LogP contribution in [0.15, 0.2) is 12.3 Å². The number of hydrogen-bond acceptors (Lipinski definition) is 6. The van der Waals surface area contributed by atoms with Crippen molar-refractivity contribution in [3.63, 3.8) is 0 Å². The van der Waals surface area contributed by atoms with Crippen molar-refractivity contribution in [2.75, 3.05) is 18.0 Å². The van der Waals surface area contributed by atoms with Crippen molar-refractivity contribution < 1.29 is 14.8 Å². The lowest BCUT2D eigenvalue weighted by atomic mass is 10.0.